The third-order valence-electron chi connectivity index (χ3n) is 6.88. The van der Waals surface area contributed by atoms with Gasteiger partial charge in [-0.1, -0.05) is 41.4 Å². The van der Waals surface area contributed by atoms with E-state index in [1.807, 2.05) is 25.1 Å². The second-order valence-electron chi connectivity index (χ2n) is 10.4. The molecule has 5 aromatic rings. The van der Waals surface area contributed by atoms with Crippen molar-refractivity contribution in [1.29, 1.82) is 0 Å². The molecule has 5 rings (SSSR count). The Hall–Kier alpha value is -4.97. The number of halogens is 2. The highest BCUT2D eigenvalue weighted by molar-refractivity contribution is 6.41. The maximum absolute atomic E-state index is 14.4. The van der Waals surface area contributed by atoms with Gasteiger partial charge in [-0.3, -0.25) is 19.1 Å². The van der Waals surface area contributed by atoms with Gasteiger partial charge in [0.15, 0.2) is 0 Å². The molecule has 0 unspecified atom stereocenters. The minimum Gasteiger partial charge on any atom is -0.495 e. The molecule has 0 aliphatic carbocycles. The molecule has 0 saturated carbocycles. The Bertz CT molecular complexity index is 1950. The van der Waals surface area contributed by atoms with Gasteiger partial charge >= 0.3 is 0 Å². The molecular formula is C33H31Cl2N7O4. The Kier molecular flexibility index (Phi) is 10.2. The Morgan fingerprint density at radius 1 is 1.00 bits per heavy atom. The van der Waals surface area contributed by atoms with Crippen molar-refractivity contribution in [1.82, 2.24) is 24.4 Å². The number of nitrogens with one attached hydrogen (secondary N) is 2. The van der Waals surface area contributed by atoms with Gasteiger partial charge in [-0.05, 0) is 50.0 Å². The van der Waals surface area contributed by atoms with Crippen LogP contribution in [0, 0.1) is 0 Å². The highest BCUT2D eigenvalue weighted by Gasteiger charge is 2.23. The second kappa shape index (κ2) is 14.4. The van der Waals surface area contributed by atoms with Gasteiger partial charge in [0.2, 0.25) is 11.9 Å². The van der Waals surface area contributed by atoms with E-state index in [0.29, 0.717) is 34.8 Å². The van der Waals surface area contributed by atoms with Crippen LogP contribution in [0.15, 0.2) is 84.1 Å². The molecule has 11 nitrogen and oxygen atoms in total. The highest BCUT2D eigenvalue weighted by Crippen LogP contribution is 2.45. The average molecular weight is 661 g/mol. The topological polar surface area (TPSA) is 124 Å². The number of hydrogen-bond donors (Lipinski definition) is 2. The lowest BCUT2D eigenvalue weighted by molar-refractivity contribution is -0.111. The molecule has 0 fully saturated rings. The van der Waals surface area contributed by atoms with E-state index in [1.54, 1.807) is 67.1 Å². The normalized spacial score (nSPS) is 11.3. The first-order chi connectivity index (χ1) is 22.2. The molecule has 0 aliphatic heterocycles. The quantitative estimate of drug-likeness (QED) is 0.164. The summed E-state index contributed by atoms with van der Waals surface area (Å²) in [5.41, 5.74) is 2.44. The van der Waals surface area contributed by atoms with Crippen LogP contribution in [0.4, 0.5) is 17.3 Å². The van der Waals surface area contributed by atoms with Crippen molar-refractivity contribution < 1.29 is 14.3 Å². The average Bonchev–Trinajstić information content (AvgIpc) is 3.04. The Morgan fingerprint density at radius 2 is 1.72 bits per heavy atom. The van der Waals surface area contributed by atoms with Crippen molar-refractivity contribution in [2.24, 2.45) is 0 Å². The summed E-state index contributed by atoms with van der Waals surface area (Å²) in [6.07, 6.45) is 8.16. The number of ether oxygens (including phenoxy) is 2. The standard InChI is InChI=1S/C33H31Cl2N7O4/c1-41(2)14-6-9-27(43)38-23-8-5-7-20(15-23)19-42-31-21(18-37-33(40-31)39-22-10-12-36-13-11-22)16-24(32(42)44)28-29(34)25(45-3)17-26(46-4)30(28)35/h5-13,15-18H,14,19H2,1-4H3,(H,38,43)(H,36,37,39,40)/b9-6+. The molecule has 0 saturated heterocycles. The van der Waals surface area contributed by atoms with Gasteiger partial charge in [-0.15, -0.1) is 0 Å². The third kappa shape index (κ3) is 7.28. The van der Waals surface area contributed by atoms with Crippen LogP contribution < -0.4 is 25.7 Å². The number of methoxy groups -OCH3 is 2. The third-order valence-corrected chi connectivity index (χ3v) is 7.63. The summed E-state index contributed by atoms with van der Waals surface area (Å²) in [5.74, 6) is 0.601. The van der Waals surface area contributed by atoms with Crippen molar-refractivity contribution in [2.45, 2.75) is 6.54 Å². The van der Waals surface area contributed by atoms with Crippen molar-refractivity contribution in [3.63, 3.8) is 0 Å². The molecule has 0 aliphatic rings. The predicted molar refractivity (Wildman–Crippen MR) is 182 cm³/mol. The minimum absolute atomic E-state index is 0.103. The lowest BCUT2D eigenvalue weighted by atomic mass is 10.0. The summed E-state index contributed by atoms with van der Waals surface area (Å²) in [6, 6.07) is 14.0. The van der Waals surface area contributed by atoms with Crippen LogP contribution in [0.5, 0.6) is 11.5 Å². The zero-order valence-electron chi connectivity index (χ0n) is 25.5. The van der Waals surface area contributed by atoms with E-state index in [1.165, 1.54) is 24.9 Å². The molecule has 2 aromatic carbocycles. The monoisotopic (exact) mass is 659 g/mol. The molecule has 0 bridgehead atoms. The molecule has 3 aromatic heterocycles. The summed E-state index contributed by atoms with van der Waals surface area (Å²) in [4.78, 5) is 42.1. The molecule has 236 valence electrons. The highest BCUT2D eigenvalue weighted by atomic mass is 35.5. The number of anilines is 3. The number of carbonyl (C=O) groups is 1. The van der Waals surface area contributed by atoms with Crippen LogP contribution in [0.1, 0.15) is 5.56 Å². The number of pyridine rings is 2. The van der Waals surface area contributed by atoms with Crippen molar-refractivity contribution in [3.05, 3.63) is 105 Å². The molecular weight excluding hydrogens is 629 g/mol. The van der Waals surface area contributed by atoms with Crippen LogP contribution >= 0.6 is 23.2 Å². The van der Waals surface area contributed by atoms with E-state index < -0.39 is 5.56 Å². The smallest absolute Gasteiger partial charge is 0.260 e. The van der Waals surface area contributed by atoms with E-state index in [4.69, 9.17) is 37.7 Å². The van der Waals surface area contributed by atoms with E-state index in [2.05, 4.69) is 20.6 Å². The first-order valence-electron chi connectivity index (χ1n) is 14.1. The molecule has 3 heterocycles. The van der Waals surface area contributed by atoms with Gasteiger partial charge < -0.3 is 25.0 Å². The Balaban J connectivity index is 1.63. The lowest BCUT2D eigenvalue weighted by Gasteiger charge is -2.17. The van der Waals surface area contributed by atoms with Crippen LogP contribution in [0.3, 0.4) is 0 Å². The Labute approximate surface area is 275 Å². The predicted octanol–water partition coefficient (Wildman–Crippen LogP) is 6.03. The van der Waals surface area contributed by atoms with Gasteiger partial charge in [0, 0.05) is 59.6 Å². The molecule has 0 atom stereocenters. The van der Waals surface area contributed by atoms with Crippen LogP contribution in [-0.4, -0.2) is 65.2 Å². The second-order valence-corrected chi connectivity index (χ2v) is 11.2. The van der Waals surface area contributed by atoms with Crippen molar-refractivity contribution >= 4 is 57.5 Å². The van der Waals surface area contributed by atoms with Crippen molar-refractivity contribution in [2.75, 3.05) is 45.5 Å². The van der Waals surface area contributed by atoms with Gasteiger partial charge in [-0.2, -0.15) is 4.98 Å². The summed E-state index contributed by atoms with van der Waals surface area (Å²) in [5, 5.41) is 6.88. The molecule has 0 radical (unpaired) electrons. The van der Waals surface area contributed by atoms with Crippen LogP contribution in [0.2, 0.25) is 10.0 Å². The Morgan fingerprint density at radius 3 is 2.39 bits per heavy atom. The fraction of sp³-hybridized carbons (Fsp3) is 0.182. The van der Waals surface area contributed by atoms with Gasteiger partial charge in [0.25, 0.3) is 5.56 Å². The van der Waals surface area contributed by atoms with Crippen LogP contribution in [-0.2, 0) is 11.3 Å². The summed E-state index contributed by atoms with van der Waals surface area (Å²) in [7, 11) is 6.77. The number of benzene rings is 2. The van der Waals surface area contributed by atoms with E-state index in [9.17, 15) is 9.59 Å². The molecule has 46 heavy (non-hydrogen) atoms. The van der Waals surface area contributed by atoms with Crippen molar-refractivity contribution in [3.8, 4) is 22.6 Å². The number of hydrogen-bond acceptors (Lipinski definition) is 9. The molecule has 0 spiro atoms. The summed E-state index contributed by atoms with van der Waals surface area (Å²) < 4.78 is 12.4. The number of nitrogens with zero attached hydrogens (tertiary/aromatic N) is 5. The SMILES string of the molecule is COc1cc(OC)c(Cl)c(-c2cc3cnc(Nc4ccncc4)nc3n(Cc3cccc(NC(=O)/C=C/CN(C)C)c3)c2=O)c1Cl. The van der Waals surface area contributed by atoms with E-state index in [-0.39, 0.29) is 39.6 Å². The van der Waals surface area contributed by atoms with E-state index >= 15 is 0 Å². The summed E-state index contributed by atoms with van der Waals surface area (Å²) in [6.45, 7) is 0.734. The fourth-order valence-electron chi connectivity index (χ4n) is 4.72. The number of likely N-dealkylation sites (N-methyl/N-ethyl adjacent to an activating group) is 1. The molecule has 1 amide bonds. The number of fused-ring (bicyclic) bond motifs is 1. The zero-order chi connectivity index (χ0) is 32.8. The molecule has 13 heteroatoms. The number of rotatable bonds is 11. The van der Waals surface area contributed by atoms with Gasteiger partial charge in [0.1, 0.15) is 17.1 Å². The van der Waals surface area contributed by atoms with Gasteiger partial charge in [-0.25, -0.2) is 4.98 Å². The largest absolute Gasteiger partial charge is 0.495 e. The maximum atomic E-state index is 14.4. The lowest BCUT2D eigenvalue weighted by Crippen LogP contribution is -2.24. The first kappa shape index (κ1) is 32.4. The number of amides is 1. The van der Waals surface area contributed by atoms with Crippen LogP contribution in [0.25, 0.3) is 22.2 Å². The fourth-order valence-corrected chi connectivity index (χ4v) is 5.42. The first-order valence-corrected chi connectivity index (χ1v) is 14.8. The molecule has 2 N–H and O–H groups in total. The minimum atomic E-state index is -0.416. The number of aromatic nitrogens is 4. The maximum Gasteiger partial charge on any atom is 0.260 e. The number of carbonyl (C=O) groups excluding carboxylic acids is 1. The van der Waals surface area contributed by atoms with Gasteiger partial charge in [0.05, 0.1) is 36.4 Å². The summed E-state index contributed by atoms with van der Waals surface area (Å²) >= 11 is 13.5. The zero-order valence-corrected chi connectivity index (χ0v) is 27.1. The van der Waals surface area contributed by atoms with E-state index in [0.717, 1.165) is 11.3 Å².